The van der Waals surface area contributed by atoms with E-state index in [1.165, 1.54) is 6.92 Å². The Morgan fingerprint density at radius 1 is 1.21 bits per heavy atom. The molecule has 0 aliphatic carbocycles. The number of aryl methyl sites for hydroxylation is 1. The maximum Gasteiger partial charge on any atom is 0.270 e. The molecule has 1 heterocycles. The number of sulfonamides is 1. The summed E-state index contributed by atoms with van der Waals surface area (Å²) in [5.74, 6) is -4.38. The van der Waals surface area contributed by atoms with Gasteiger partial charge < -0.3 is 0 Å². The first kappa shape index (κ1) is 13.3. The fourth-order valence-electron chi connectivity index (χ4n) is 1.35. The van der Waals surface area contributed by atoms with Gasteiger partial charge in [0.05, 0.1) is 0 Å². The van der Waals surface area contributed by atoms with Crippen molar-refractivity contribution in [2.24, 2.45) is 0 Å². The fourth-order valence-corrected chi connectivity index (χ4v) is 2.41. The molecule has 0 fully saturated rings. The van der Waals surface area contributed by atoms with Crippen LogP contribution in [-0.2, 0) is 10.0 Å². The van der Waals surface area contributed by atoms with E-state index in [1.54, 1.807) is 4.72 Å². The Labute approximate surface area is 105 Å². The molecular weight excluding hydrogens is 285 g/mol. The minimum atomic E-state index is -4.59. The number of halogens is 3. The number of nitrogens with zero attached hydrogens (tertiary/aromatic N) is 2. The molecule has 102 valence electrons. The van der Waals surface area contributed by atoms with Crippen molar-refractivity contribution in [2.45, 2.75) is 11.8 Å². The summed E-state index contributed by atoms with van der Waals surface area (Å²) in [5, 5.41) is 5.80. The lowest BCUT2D eigenvalue weighted by Gasteiger charge is -2.06. The Kier molecular flexibility index (Phi) is 3.18. The van der Waals surface area contributed by atoms with E-state index in [9.17, 15) is 21.6 Å². The van der Waals surface area contributed by atoms with Crippen molar-refractivity contribution in [3.05, 3.63) is 35.4 Å². The van der Waals surface area contributed by atoms with Gasteiger partial charge in [0.2, 0.25) is 0 Å². The number of anilines is 1. The van der Waals surface area contributed by atoms with Gasteiger partial charge in [0, 0.05) is 12.1 Å². The van der Waals surface area contributed by atoms with Gasteiger partial charge in [0.25, 0.3) is 16.0 Å². The van der Waals surface area contributed by atoms with Crippen LogP contribution in [-0.4, -0.2) is 23.6 Å². The summed E-state index contributed by atoms with van der Waals surface area (Å²) in [5.41, 5.74) is 0. The van der Waals surface area contributed by atoms with E-state index in [4.69, 9.17) is 0 Å². The van der Waals surface area contributed by atoms with Gasteiger partial charge >= 0.3 is 0 Å². The van der Waals surface area contributed by atoms with Crippen molar-refractivity contribution in [3.8, 4) is 0 Å². The van der Waals surface area contributed by atoms with E-state index < -0.39 is 32.4 Å². The van der Waals surface area contributed by atoms with Crippen molar-refractivity contribution >= 4 is 16.0 Å². The smallest absolute Gasteiger partial charge is 0.261 e. The topological polar surface area (TPSA) is 87.7 Å². The highest BCUT2D eigenvalue weighted by Gasteiger charge is 2.26. The van der Waals surface area contributed by atoms with Gasteiger partial charge in [-0.2, -0.15) is 4.98 Å². The summed E-state index contributed by atoms with van der Waals surface area (Å²) >= 11 is 0. The van der Waals surface area contributed by atoms with Gasteiger partial charge in [0.15, 0.2) is 4.90 Å². The molecule has 0 aliphatic rings. The normalized spacial score (nSPS) is 11.6. The number of benzene rings is 1. The highest BCUT2D eigenvalue weighted by atomic mass is 32.2. The van der Waals surface area contributed by atoms with Crippen LogP contribution in [0.25, 0.3) is 0 Å². The van der Waals surface area contributed by atoms with Crippen LogP contribution in [0.1, 0.15) is 5.82 Å². The predicted octanol–water partition coefficient (Wildman–Crippen LogP) is 1.33. The summed E-state index contributed by atoms with van der Waals surface area (Å²) in [6, 6.07) is 0.530. The van der Waals surface area contributed by atoms with Crippen LogP contribution < -0.4 is 4.72 Å². The maximum atomic E-state index is 13.4. The number of hydrogen-bond acceptors (Lipinski definition) is 4. The molecule has 0 atom stereocenters. The monoisotopic (exact) mass is 292 g/mol. The number of aromatic amines is 1. The Balaban J connectivity index is 2.45. The Hall–Kier alpha value is -2.10. The molecule has 0 aliphatic heterocycles. The quantitative estimate of drug-likeness (QED) is 0.893. The maximum absolute atomic E-state index is 13.4. The van der Waals surface area contributed by atoms with Gasteiger partial charge in [0.1, 0.15) is 23.3 Å². The van der Waals surface area contributed by atoms with Crippen LogP contribution >= 0.6 is 0 Å². The summed E-state index contributed by atoms with van der Waals surface area (Å²) in [6.07, 6.45) is 0. The van der Waals surface area contributed by atoms with Crippen molar-refractivity contribution in [2.75, 3.05) is 4.72 Å². The molecule has 19 heavy (non-hydrogen) atoms. The number of aromatic nitrogens is 3. The molecule has 6 nitrogen and oxygen atoms in total. The first-order chi connectivity index (χ1) is 8.79. The summed E-state index contributed by atoms with van der Waals surface area (Å²) in [7, 11) is -4.59. The Morgan fingerprint density at radius 2 is 1.79 bits per heavy atom. The third-order valence-electron chi connectivity index (χ3n) is 2.05. The zero-order valence-electron chi connectivity index (χ0n) is 9.41. The van der Waals surface area contributed by atoms with E-state index in [1.807, 2.05) is 0 Å². The van der Waals surface area contributed by atoms with Crippen LogP contribution in [0.15, 0.2) is 17.0 Å². The lowest BCUT2D eigenvalue weighted by Crippen LogP contribution is -2.17. The van der Waals surface area contributed by atoms with Crippen molar-refractivity contribution in [3.63, 3.8) is 0 Å². The van der Waals surface area contributed by atoms with E-state index in [0.29, 0.717) is 5.82 Å². The summed E-state index contributed by atoms with van der Waals surface area (Å²) < 4.78 is 64.7. The van der Waals surface area contributed by atoms with Gasteiger partial charge in [-0.3, -0.25) is 5.10 Å². The molecule has 0 saturated carbocycles. The van der Waals surface area contributed by atoms with Gasteiger partial charge in [-0.05, 0) is 6.92 Å². The first-order valence-electron chi connectivity index (χ1n) is 4.86. The molecule has 0 amide bonds. The van der Waals surface area contributed by atoms with Gasteiger partial charge in [-0.1, -0.05) is 0 Å². The van der Waals surface area contributed by atoms with Crippen LogP contribution in [0.2, 0.25) is 0 Å². The second kappa shape index (κ2) is 4.53. The third kappa shape index (κ3) is 2.67. The lowest BCUT2D eigenvalue weighted by molar-refractivity contribution is 0.498. The van der Waals surface area contributed by atoms with Gasteiger partial charge in [-0.25, -0.2) is 26.3 Å². The van der Waals surface area contributed by atoms with Crippen LogP contribution in [0.4, 0.5) is 19.1 Å². The highest BCUT2D eigenvalue weighted by Crippen LogP contribution is 2.21. The van der Waals surface area contributed by atoms with E-state index in [0.717, 1.165) is 0 Å². The second-order valence-electron chi connectivity index (χ2n) is 3.55. The van der Waals surface area contributed by atoms with Gasteiger partial charge in [-0.15, -0.1) is 5.10 Å². The number of hydrogen-bond donors (Lipinski definition) is 2. The average molecular weight is 292 g/mol. The largest absolute Gasteiger partial charge is 0.270 e. The van der Waals surface area contributed by atoms with Crippen LogP contribution in [0.3, 0.4) is 0 Å². The second-order valence-corrected chi connectivity index (χ2v) is 5.17. The molecule has 0 bridgehead atoms. The Morgan fingerprint density at radius 3 is 2.26 bits per heavy atom. The minimum Gasteiger partial charge on any atom is -0.261 e. The third-order valence-corrected chi connectivity index (χ3v) is 3.43. The molecule has 2 rings (SSSR count). The van der Waals surface area contributed by atoms with Crippen molar-refractivity contribution in [1.29, 1.82) is 0 Å². The molecule has 1 aromatic carbocycles. The molecule has 2 aromatic rings. The number of rotatable bonds is 3. The Bertz CT molecular complexity index is 706. The molecule has 1 aromatic heterocycles. The molecular formula is C9H7F3N4O2S. The fraction of sp³-hybridized carbons (Fsp3) is 0.111. The first-order valence-corrected chi connectivity index (χ1v) is 6.34. The highest BCUT2D eigenvalue weighted by molar-refractivity contribution is 7.92. The van der Waals surface area contributed by atoms with Crippen LogP contribution in [0.5, 0.6) is 0 Å². The molecule has 0 spiro atoms. The summed E-state index contributed by atoms with van der Waals surface area (Å²) in [6.45, 7) is 1.50. The summed E-state index contributed by atoms with van der Waals surface area (Å²) in [4.78, 5) is 2.33. The van der Waals surface area contributed by atoms with Crippen LogP contribution in [0, 0.1) is 24.4 Å². The zero-order chi connectivity index (χ0) is 14.2. The molecule has 0 radical (unpaired) electrons. The standard InChI is InChI=1S/C9H7F3N4O2S/c1-4-13-9(15-14-4)16-19(17,18)8-6(11)2-5(10)3-7(8)12/h2-3H,1H3,(H2,13,14,15,16). The lowest BCUT2D eigenvalue weighted by atomic mass is 10.3. The van der Waals surface area contributed by atoms with E-state index in [2.05, 4.69) is 15.2 Å². The van der Waals surface area contributed by atoms with E-state index >= 15 is 0 Å². The van der Waals surface area contributed by atoms with E-state index in [-0.39, 0.29) is 18.1 Å². The average Bonchev–Trinajstić information content (AvgIpc) is 2.60. The predicted molar refractivity (Wildman–Crippen MR) is 58.2 cm³/mol. The molecule has 10 heteroatoms. The van der Waals surface area contributed by atoms with Crippen molar-refractivity contribution < 1.29 is 21.6 Å². The van der Waals surface area contributed by atoms with Crippen molar-refractivity contribution in [1.82, 2.24) is 15.2 Å². The minimum absolute atomic E-state index is 0.265. The molecule has 0 saturated heterocycles. The molecule has 0 unspecified atom stereocenters. The molecule has 2 N–H and O–H groups in total. The SMILES string of the molecule is Cc1nc(NS(=O)(=O)c2c(F)cc(F)cc2F)n[nH]1. The number of nitrogens with one attached hydrogen (secondary N) is 2. The zero-order valence-corrected chi connectivity index (χ0v) is 10.2. The number of H-pyrrole nitrogens is 1.